The fourth-order valence-electron chi connectivity index (χ4n) is 2.56. The quantitative estimate of drug-likeness (QED) is 0.424. The van der Waals surface area contributed by atoms with Crippen LogP contribution in [0.2, 0.25) is 0 Å². The van der Waals surface area contributed by atoms with E-state index in [0.717, 1.165) is 11.8 Å². The normalized spacial score (nSPS) is 10.2. The number of nitrogens with one attached hydrogen (secondary N) is 2. The summed E-state index contributed by atoms with van der Waals surface area (Å²) in [5.41, 5.74) is 5.99. The third kappa shape index (κ3) is 4.69. The molecule has 8 nitrogen and oxygen atoms in total. The molecule has 0 atom stereocenters. The zero-order chi connectivity index (χ0) is 20.8. The molecule has 0 radical (unpaired) electrons. The maximum absolute atomic E-state index is 12.3. The highest BCUT2D eigenvalue weighted by Crippen LogP contribution is 2.22. The number of carbonyl (C=O) groups excluding carboxylic acids is 2. The van der Waals surface area contributed by atoms with E-state index in [0.29, 0.717) is 11.3 Å². The predicted octanol–water partition coefficient (Wildman–Crippen LogP) is 2.14. The molecular weight excluding hydrogens is 390 g/mol. The second kappa shape index (κ2) is 8.86. The largest absolute Gasteiger partial charge is 0.366 e. The number of rotatable bonds is 6. The lowest BCUT2D eigenvalue weighted by atomic mass is 10.1. The molecule has 144 valence electrons. The summed E-state index contributed by atoms with van der Waals surface area (Å²) < 4.78 is 0. The van der Waals surface area contributed by atoms with Gasteiger partial charge in [-0.15, -0.1) is 0 Å². The Morgan fingerprint density at radius 3 is 2.52 bits per heavy atom. The molecule has 3 rings (SSSR count). The van der Waals surface area contributed by atoms with Gasteiger partial charge in [0, 0.05) is 5.56 Å². The lowest BCUT2D eigenvalue weighted by Crippen LogP contribution is -2.20. The standard InChI is InChI=1S/C20H15N5O3S/c21-10-14-17(12-6-2-1-3-7-12)24-20(25-19(14)28)29-11-16(26)23-15-9-5-4-8-13(15)18(22)27/h1-9H,11H2,(H2,22,27)(H,23,26)(H,24,25,28). The first-order valence-corrected chi connectivity index (χ1v) is 9.39. The number of hydrogen-bond donors (Lipinski definition) is 3. The molecule has 0 unspecified atom stereocenters. The molecule has 1 aromatic heterocycles. The van der Waals surface area contributed by atoms with Crippen molar-refractivity contribution in [3.05, 3.63) is 76.1 Å². The van der Waals surface area contributed by atoms with Gasteiger partial charge in [0.1, 0.15) is 11.6 Å². The van der Waals surface area contributed by atoms with Crippen LogP contribution in [0.3, 0.4) is 0 Å². The van der Waals surface area contributed by atoms with Gasteiger partial charge in [0.05, 0.1) is 22.7 Å². The molecule has 9 heteroatoms. The maximum Gasteiger partial charge on any atom is 0.270 e. The van der Waals surface area contributed by atoms with Crippen molar-refractivity contribution in [3.63, 3.8) is 0 Å². The Balaban J connectivity index is 1.79. The first-order chi connectivity index (χ1) is 14.0. The monoisotopic (exact) mass is 405 g/mol. The van der Waals surface area contributed by atoms with Gasteiger partial charge in [0.2, 0.25) is 5.91 Å². The number of nitriles is 1. The van der Waals surface area contributed by atoms with E-state index in [9.17, 15) is 19.6 Å². The number of benzene rings is 2. The number of aromatic amines is 1. The van der Waals surface area contributed by atoms with Crippen molar-refractivity contribution < 1.29 is 9.59 Å². The summed E-state index contributed by atoms with van der Waals surface area (Å²) in [6.45, 7) is 0. The van der Waals surface area contributed by atoms with Crippen molar-refractivity contribution in [2.24, 2.45) is 5.73 Å². The van der Waals surface area contributed by atoms with E-state index < -0.39 is 17.4 Å². The van der Waals surface area contributed by atoms with Gasteiger partial charge in [-0.3, -0.25) is 14.4 Å². The smallest absolute Gasteiger partial charge is 0.270 e. The molecule has 29 heavy (non-hydrogen) atoms. The van der Waals surface area contributed by atoms with Crippen LogP contribution in [0.1, 0.15) is 15.9 Å². The van der Waals surface area contributed by atoms with Gasteiger partial charge in [-0.05, 0) is 12.1 Å². The van der Waals surface area contributed by atoms with Crippen molar-refractivity contribution >= 4 is 29.3 Å². The van der Waals surface area contributed by atoms with E-state index in [4.69, 9.17) is 5.73 Å². The van der Waals surface area contributed by atoms with Crippen molar-refractivity contribution in [2.45, 2.75) is 5.16 Å². The third-order valence-electron chi connectivity index (χ3n) is 3.86. The summed E-state index contributed by atoms with van der Waals surface area (Å²) in [5, 5.41) is 12.1. The predicted molar refractivity (Wildman–Crippen MR) is 109 cm³/mol. The SMILES string of the molecule is N#Cc1c(-c2ccccc2)nc(SCC(=O)Nc2ccccc2C(N)=O)[nH]c1=O. The van der Waals surface area contributed by atoms with Gasteiger partial charge >= 0.3 is 0 Å². The molecule has 3 aromatic rings. The van der Waals surface area contributed by atoms with Gasteiger partial charge in [0.25, 0.3) is 11.5 Å². The number of amides is 2. The number of H-pyrrole nitrogens is 1. The molecule has 0 aliphatic rings. The molecule has 1 heterocycles. The lowest BCUT2D eigenvalue weighted by molar-refractivity contribution is -0.113. The molecule has 0 aliphatic carbocycles. The van der Waals surface area contributed by atoms with Gasteiger partial charge in [-0.2, -0.15) is 5.26 Å². The van der Waals surface area contributed by atoms with E-state index in [-0.39, 0.29) is 27.7 Å². The number of hydrogen-bond acceptors (Lipinski definition) is 6. The van der Waals surface area contributed by atoms with E-state index in [1.807, 2.05) is 12.1 Å². The summed E-state index contributed by atoms with van der Waals surface area (Å²) in [4.78, 5) is 42.8. The first-order valence-electron chi connectivity index (χ1n) is 8.41. The number of anilines is 1. The molecule has 0 spiro atoms. The number of para-hydroxylation sites is 1. The summed E-state index contributed by atoms with van der Waals surface area (Å²) in [7, 11) is 0. The lowest BCUT2D eigenvalue weighted by Gasteiger charge is -2.09. The molecule has 0 aliphatic heterocycles. The zero-order valence-corrected chi connectivity index (χ0v) is 15.8. The van der Waals surface area contributed by atoms with Crippen LogP contribution in [0.5, 0.6) is 0 Å². The molecule has 0 saturated heterocycles. The average Bonchev–Trinajstić information content (AvgIpc) is 2.72. The number of thioether (sulfide) groups is 1. The number of nitrogens with zero attached hydrogens (tertiary/aromatic N) is 2. The van der Waals surface area contributed by atoms with Crippen LogP contribution in [0.25, 0.3) is 11.3 Å². The second-order valence-electron chi connectivity index (χ2n) is 5.82. The fraction of sp³-hybridized carbons (Fsp3) is 0.0500. The fourth-order valence-corrected chi connectivity index (χ4v) is 3.22. The van der Waals surface area contributed by atoms with Gasteiger partial charge in [-0.25, -0.2) is 4.98 Å². The summed E-state index contributed by atoms with van der Waals surface area (Å²) in [6.07, 6.45) is 0. The molecule has 0 fully saturated rings. The molecule has 2 aromatic carbocycles. The van der Waals surface area contributed by atoms with Crippen LogP contribution in [0.15, 0.2) is 64.5 Å². The number of primary amides is 1. The Morgan fingerprint density at radius 2 is 1.83 bits per heavy atom. The van der Waals surface area contributed by atoms with Crippen molar-refractivity contribution in [1.29, 1.82) is 5.26 Å². The molecular formula is C20H15N5O3S. The Labute approximate surface area is 169 Å². The highest BCUT2D eigenvalue weighted by atomic mass is 32.2. The maximum atomic E-state index is 12.3. The highest BCUT2D eigenvalue weighted by Gasteiger charge is 2.15. The number of carbonyl (C=O) groups is 2. The third-order valence-corrected chi connectivity index (χ3v) is 4.74. The minimum Gasteiger partial charge on any atom is -0.366 e. The van der Waals surface area contributed by atoms with Gasteiger partial charge in [-0.1, -0.05) is 54.2 Å². The summed E-state index contributed by atoms with van der Waals surface area (Å²) in [6, 6.07) is 17.1. The number of aromatic nitrogens is 2. The van der Waals surface area contributed by atoms with Crippen LogP contribution in [-0.2, 0) is 4.79 Å². The van der Waals surface area contributed by atoms with Crippen LogP contribution in [0.4, 0.5) is 5.69 Å². The van der Waals surface area contributed by atoms with Crippen LogP contribution < -0.4 is 16.6 Å². The molecule has 0 saturated carbocycles. The van der Waals surface area contributed by atoms with E-state index in [1.165, 1.54) is 6.07 Å². The minimum atomic E-state index is -0.654. The Kier molecular flexibility index (Phi) is 6.06. The topological polar surface area (TPSA) is 142 Å². The van der Waals surface area contributed by atoms with E-state index in [2.05, 4.69) is 15.3 Å². The van der Waals surface area contributed by atoms with Crippen LogP contribution in [-0.4, -0.2) is 27.5 Å². The van der Waals surface area contributed by atoms with Crippen molar-refractivity contribution in [1.82, 2.24) is 9.97 Å². The minimum absolute atomic E-state index is 0.0732. The number of nitrogens with two attached hydrogens (primary N) is 1. The highest BCUT2D eigenvalue weighted by molar-refractivity contribution is 7.99. The van der Waals surface area contributed by atoms with E-state index in [1.54, 1.807) is 42.5 Å². The van der Waals surface area contributed by atoms with Gasteiger partial charge in [0.15, 0.2) is 5.16 Å². The van der Waals surface area contributed by atoms with Crippen molar-refractivity contribution in [3.8, 4) is 17.3 Å². The Bertz CT molecular complexity index is 1170. The van der Waals surface area contributed by atoms with Gasteiger partial charge < -0.3 is 16.0 Å². The molecule has 2 amide bonds. The first kappa shape index (κ1) is 19.9. The Morgan fingerprint density at radius 1 is 1.14 bits per heavy atom. The van der Waals surface area contributed by atoms with E-state index >= 15 is 0 Å². The summed E-state index contributed by atoms with van der Waals surface area (Å²) in [5.74, 6) is -1.13. The van der Waals surface area contributed by atoms with Crippen molar-refractivity contribution in [2.75, 3.05) is 11.1 Å². The molecule has 4 N–H and O–H groups in total. The van der Waals surface area contributed by atoms with Crippen LogP contribution in [0, 0.1) is 11.3 Å². The summed E-state index contributed by atoms with van der Waals surface area (Å²) >= 11 is 1.000. The zero-order valence-electron chi connectivity index (χ0n) is 15.0. The average molecular weight is 405 g/mol. The Hall–Kier alpha value is -3.90. The van der Waals surface area contributed by atoms with Crippen LogP contribution >= 0.6 is 11.8 Å². The second-order valence-corrected chi connectivity index (χ2v) is 6.78. The molecule has 0 bridgehead atoms.